The van der Waals surface area contributed by atoms with Crippen molar-refractivity contribution >= 4 is 0 Å². The summed E-state index contributed by atoms with van der Waals surface area (Å²) in [5.74, 6) is 0.148. The first-order valence-electron chi connectivity index (χ1n) is 5.99. The molecule has 102 valence electrons. The molecule has 0 bridgehead atoms. The average Bonchev–Trinajstić information content (AvgIpc) is 2.35. The summed E-state index contributed by atoms with van der Waals surface area (Å²) in [6.45, 7) is 1.57. The molecule has 0 aliphatic heterocycles. The number of hydrogen-bond donors (Lipinski definition) is 2. The lowest BCUT2D eigenvalue weighted by molar-refractivity contribution is -0.0498. The van der Waals surface area contributed by atoms with Crippen LogP contribution in [0.15, 0.2) is 24.3 Å². The first-order chi connectivity index (χ1) is 8.52. The van der Waals surface area contributed by atoms with Crippen LogP contribution in [-0.2, 0) is 0 Å². The van der Waals surface area contributed by atoms with Crippen LogP contribution in [0.5, 0.6) is 5.75 Å². The van der Waals surface area contributed by atoms with E-state index in [2.05, 4.69) is 10.1 Å². The van der Waals surface area contributed by atoms with Crippen molar-refractivity contribution in [2.24, 2.45) is 0 Å². The molecule has 0 heterocycles. The highest BCUT2D eigenvalue weighted by molar-refractivity contribution is 5.28. The molecule has 0 saturated heterocycles. The molecule has 0 aromatic heterocycles. The van der Waals surface area contributed by atoms with Crippen molar-refractivity contribution in [3.8, 4) is 5.75 Å². The molecule has 1 rings (SSSR count). The molecule has 5 heteroatoms. The van der Waals surface area contributed by atoms with E-state index in [-0.39, 0.29) is 17.9 Å². The van der Waals surface area contributed by atoms with E-state index in [1.54, 1.807) is 12.1 Å². The van der Waals surface area contributed by atoms with Gasteiger partial charge < -0.3 is 15.2 Å². The van der Waals surface area contributed by atoms with E-state index in [9.17, 15) is 13.9 Å². The zero-order valence-corrected chi connectivity index (χ0v) is 10.6. The van der Waals surface area contributed by atoms with Gasteiger partial charge in [-0.1, -0.05) is 19.1 Å². The molecule has 1 aromatic carbocycles. The van der Waals surface area contributed by atoms with Gasteiger partial charge in [0, 0.05) is 12.6 Å². The number of nitrogens with one attached hydrogen (secondary N) is 1. The van der Waals surface area contributed by atoms with Crippen LogP contribution in [0.4, 0.5) is 8.78 Å². The molecule has 0 fully saturated rings. The molecule has 0 aliphatic carbocycles. The highest BCUT2D eigenvalue weighted by Gasteiger charge is 2.08. The maximum atomic E-state index is 12.0. The van der Waals surface area contributed by atoms with E-state index in [1.807, 2.05) is 13.8 Å². The number of rotatable bonds is 7. The highest BCUT2D eigenvalue weighted by atomic mass is 19.3. The Morgan fingerprint density at radius 2 is 1.89 bits per heavy atom. The summed E-state index contributed by atoms with van der Waals surface area (Å²) in [5, 5.41) is 12.6. The van der Waals surface area contributed by atoms with Crippen LogP contribution >= 0.6 is 0 Å². The number of ether oxygens (including phenoxy) is 1. The number of benzene rings is 1. The minimum Gasteiger partial charge on any atom is -0.435 e. The van der Waals surface area contributed by atoms with Crippen molar-refractivity contribution in [2.45, 2.75) is 39.0 Å². The number of hydrogen-bond acceptors (Lipinski definition) is 3. The molecular weight excluding hydrogens is 240 g/mol. The second-order valence-electron chi connectivity index (χ2n) is 4.14. The summed E-state index contributed by atoms with van der Waals surface area (Å²) >= 11 is 0. The predicted octanol–water partition coefficient (Wildman–Crippen LogP) is 2.71. The quantitative estimate of drug-likeness (QED) is 0.791. The van der Waals surface area contributed by atoms with Gasteiger partial charge in [0.25, 0.3) is 0 Å². The van der Waals surface area contributed by atoms with E-state index in [0.717, 1.165) is 5.56 Å². The van der Waals surface area contributed by atoms with E-state index in [4.69, 9.17) is 0 Å². The minimum atomic E-state index is -2.80. The zero-order chi connectivity index (χ0) is 13.5. The molecule has 3 nitrogen and oxygen atoms in total. The van der Waals surface area contributed by atoms with E-state index >= 15 is 0 Å². The molecule has 0 spiro atoms. The van der Waals surface area contributed by atoms with Crippen molar-refractivity contribution in [3.05, 3.63) is 29.8 Å². The normalized spacial score (nSPS) is 14.6. The van der Waals surface area contributed by atoms with Crippen molar-refractivity contribution < 1.29 is 18.6 Å². The standard InChI is InChI=1S/C13H19F2NO2/c1-3-11(17)8-16-9(2)10-4-6-12(7-5-10)18-13(14)15/h4-7,9,11,13,16-17H,3,8H2,1-2H3. The molecule has 0 aliphatic rings. The Morgan fingerprint density at radius 3 is 2.39 bits per heavy atom. The van der Waals surface area contributed by atoms with Gasteiger partial charge in [-0.15, -0.1) is 0 Å². The average molecular weight is 259 g/mol. The molecule has 18 heavy (non-hydrogen) atoms. The second kappa shape index (κ2) is 7.28. The Hall–Kier alpha value is -1.20. The van der Waals surface area contributed by atoms with Gasteiger partial charge in [-0.05, 0) is 31.0 Å². The van der Waals surface area contributed by atoms with Crippen LogP contribution in [0.2, 0.25) is 0 Å². The van der Waals surface area contributed by atoms with Gasteiger partial charge in [-0.25, -0.2) is 0 Å². The SMILES string of the molecule is CCC(O)CNC(C)c1ccc(OC(F)F)cc1. The largest absolute Gasteiger partial charge is 0.435 e. The number of aliphatic hydroxyl groups excluding tert-OH is 1. The maximum Gasteiger partial charge on any atom is 0.387 e. The van der Waals surface area contributed by atoms with Crippen molar-refractivity contribution in [3.63, 3.8) is 0 Å². The molecule has 0 amide bonds. The third-order valence-electron chi connectivity index (χ3n) is 2.74. The Labute approximate surface area is 106 Å². The summed E-state index contributed by atoms with van der Waals surface area (Å²) in [6.07, 6.45) is 0.329. The monoisotopic (exact) mass is 259 g/mol. The van der Waals surface area contributed by atoms with Gasteiger partial charge in [0.2, 0.25) is 0 Å². The van der Waals surface area contributed by atoms with Gasteiger partial charge in [0.1, 0.15) is 5.75 Å². The Morgan fingerprint density at radius 1 is 1.28 bits per heavy atom. The second-order valence-corrected chi connectivity index (χ2v) is 4.14. The van der Waals surface area contributed by atoms with Crippen LogP contribution in [-0.4, -0.2) is 24.4 Å². The molecule has 2 atom stereocenters. The van der Waals surface area contributed by atoms with E-state index in [0.29, 0.717) is 13.0 Å². The summed E-state index contributed by atoms with van der Waals surface area (Å²) in [6, 6.07) is 6.53. The lowest BCUT2D eigenvalue weighted by atomic mass is 10.1. The van der Waals surface area contributed by atoms with Crippen molar-refractivity contribution in [1.29, 1.82) is 0 Å². The van der Waals surface area contributed by atoms with Crippen LogP contribution < -0.4 is 10.1 Å². The minimum absolute atomic E-state index is 0.0480. The third-order valence-corrected chi connectivity index (χ3v) is 2.74. The van der Waals surface area contributed by atoms with Gasteiger partial charge in [0.05, 0.1) is 6.10 Å². The number of halogens is 2. The summed E-state index contributed by atoms with van der Waals surface area (Å²) in [5.41, 5.74) is 0.958. The predicted molar refractivity (Wildman–Crippen MR) is 65.8 cm³/mol. The van der Waals surface area contributed by atoms with Crippen LogP contribution in [0.1, 0.15) is 31.9 Å². The van der Waals surface area contributed by atoms with Crippen molar-refractivity contribution in [1.82, 2.24) is 5.32 Å². The fourth-order valence-electron chi connectivity index (χ4n) is 1.51. The topological polar surface area (TPSA) is 41.5 Å². The van der Waals surface area contributed by atoms with Gasteiger partial charge >= 0.3 is 6.61 Å². The van der Waals surface area contributed by atoms with E-state index in [1.165, 1.54) is 12.1 Å². The summed E-state index contributed by atoms with van der Waals surface area (Å²) in [7, 11) is 0. The Balaban J connectivity index is 2.50. The first kappa shape index (κ1) is 14.9. The molecule has 1 aromatic rings. The fourth-order valence-corrected chi connectivity index (χ4v) is 1.51. The molecular formula is C13H19F2NO2. The smallest absolute Gasteiger partial charge is 0.387 e. The zero-order valence-electron chi connectivity index (χ0n) is 10.6. The fraction of sp³-hybridized carbons (Fsp3) is 0.538. The maximum absolute atomic E-state index is 12.0. The Bertz CT molecular complexity index is 343. The van der Waals surface area contributed by atoms with Crippen molar-refractivity contribution in [2.75, 3.05) is 6.54 Å². The van der Waals surface area contributed by atoms with Gasteiger partial charge in [-0.3, -0.25) is 0 Å². The van der Waals surface area contributed by atoms with Crippen LogP contribution in [0.25, 0.3) is 0 Å². The van der Waals surface area contributed by atoms with Crippen LogP contribution in [0, 0.1) is 0 Å². The molecule has 2 N–H and O–H groups in total. The summed E-state index contributed by atoms with van der Waals surface area (Å²) < 4.78 is 28.2. The highest BCUT2D eigenvalue weighted by Crippen LogP contribution is 2.19. The first-order valence-corrected chi connectivity index (χ1v) is 5.99. The number of alkyl halides is 2. The van der Waals surface area contributed by atoms with Crippen LogP contribution in [0.3, 0.4) is 0 Å². The lowest BCUT2D eigenvalue weighted by Gasteiger charge is -2.17. The van der Waals surface area contributed by atoms with Gasteiger partial charge in [0.15, 0.2) is 0 Å². The lowest BCUT2D eigenvalue weighted by Crippen LogP contribution is -2.28. The molecule has 0 saturated carbocycles. The Kier molecular flexibility index (Phi) is 6.01. The summed E-state index contributed by atoms with van der Waals surface area (Å²) in [4.78, 5) is 0. The molecule has 2 unspecified atom stereocenters. The van der Waals surface area contributed by atoms with Gasteiger partial charge in [-0.2, -0.15) is 8.78 Å². The number of aliphatic hydroxyl groups is 1. The van der Waals surface area contributed by atoms with E-state index < -0.39 is 6.61 Å². The third kappa shape index (κ3) is 4.98. The molecule has 0 radical (unpaired) electrons.